The summed E-state index contributed by atoms with van der Waals surface area (Å²) in [5.41, 5.74) is 2.10. The second-order valence-electron chi connectivity index (χ2n) is 6.16. The monoisotopic (exact) mass is 304 g/mol. The van der Waals surface area contributed by atoms with Crippen LogP contribution in [0.2, 0.25) is 0 Å². The number of likely N-dealkylation sites (tertiary alicyclic amines) is 1. The lowest BCUT2D eigenvalue weighted by Crippen LogP contribution is -2.43. The molecule has 1 N–H and O–H groups in total. The van der Waals surface area contributed by atoms with Crippen LogP contribution in [0.5, 0.6) is 5.75 Å². The fourth-order valence-corrected chi connectivity index (χ4v) is 3.07. The molecule has 0 radical (unpaired) electrons. The quantitative estimate of drug-likeness (QED) is 0.841. The molecule has 4 nitrogen and oxygen atoms in total. The number of carbonyl (C=O) groups is 1. The first kappa shape index (κ1) is 16.8. The maximum atomic E-state index is 12.3. The molecule has 1 unspecified atom stereocenters. The lowest BCUT2D eigenvalue weighted by Gasteiger charge is -2.23. The van der Waals surface area contributed by atoms with Crippen LogP contribution in [0.15, 0.2) is 18.2 Å². The van der Waals surface area contributed by atoms with Gasteiger partial charge in [0.15, 0.2) is 0 Å². The molecule has 122 valence electrons. The van der Waals surface area contributed by atoms with Gasteiger partial charge in [-0.25, -0.2) is 0 Å². The number of carbonyl (C=O) groups excluding carboxylic acids is 1. The summed E-state index contributed by atoms with van der Waals surface area (Å²) in [6, 6.07) is 6.18. The number of benzene rings is 1. The Morgan fingerprint density at radius 2 is 2.09 bits per heavy atom. The Labute approximate surface area is 133 Å². The van der Waals surface area contributed by atoms with Crippen LogP contribution < -0.4 is 10.1 Å². The van der Waals surface area contributed by atoms with E-state index in [1.165, 1.54) is 25.9 Å². The van der Waals surface area contributed by atoms with Gasteiger partial charge in [-0.05, 0) is 56.5 Å². The second-order valence-corrected chi connectivity index (χ2v) is 6.16. The molecule has 1 aromatic carbocycles. The first-order valence-electron chi connectivity index (χ1n) is 8.27. The minimum Gasteiger partial charge on any atom is -0.496 e. The zero-order valence-electron chi connectivity index (χ0n) is 14.0. The van der Waals surface area contributed by atoms with Gasteiger partial charge >= 0.3 is 0 Å². The number of amides is 1. The summed E-state index contributed by atoms with van der Waals surface area (Å²) >= 11 is 0. The summed E-state index contributed by atoms with van der Waals surface area (Å²) in [6.45, 7) is 7.46. The third-order valence-electron chi connectivity index (χ3n) is 4.36. The minimum atomic E-state index is 0.107. The molecule has 2 rings (SSSR count). The number of hydrogen-bond donors (Lipinski definition) is 1. The predicted octanol–water partition coefficient (Wildman–Crippen LogP) is 2.54. The Hall–Kier alpha value is -1.55. The molecule has 0 aromatic heterocycles. The molecule has 1 atom stereocenters. The third-order valence-corrected chi connectivity index (χ3v) is 4.36. The summed E-state index contributed by atoms with van der Waals surface area (Å²) in [6.07, 6.45) is 3.98. The van der Waals surface area contributed by atoms with Crippen LogP contribution in [0.4, 0.5) is 0 Å². The average molecular weight is 304 g/mol. The van der Waals surface area contributed by atoms with Gasteiger partial charge in [0, 0.05) is 12.6 Å². The van der Waals surface area contributed by atoms with Crippen molar-refractivity contribution in [3.63, 3.8) is 0 Å². The molecule has 4 heteroatoms. The SMILES string of the molecule is CCC(CN1CCCC1)NC(=O)Cc1ccc(OC)c(C)c1. The highest BCUT2D eigenvalue weighted by molar-refractivity contribution is 5.79. The van der Waals surface area contributed by atoms with Crippen molar-refractivity contribution in [2.45, 2.75) is 45.6 Å². The zero-order chi connectivity index (χ0) is 15.9. The molecule has 1 aliphatic heterocycles. The zero-order valence-corrected chi connectivity index (χ0v) is 14.0. The Balaban J connectivity index is 1.86. The number of nitrogens with one attached hydrogen (secondary N) is 1. The molecule has 0 bridgehead atoms. The van der Waals surface area contributed by atoms with Gasteiger partial charge in [-0.1, -0.05) is 19.1 Å². The van der Waals surface area contributed by atoms with Crippen molar-refractivity contribution in [1.29, 1.82) is 0 Å². The van der Waals surface area contributed by atoms with Gasteiger partial charge in [-0.15, -0.1) is 0 Å². The van der Waals surface area contributed by atoms with Crippen molar-refractivity contribution >= 4 is 5.91 Å². The van der Waals surface area contributed by atoms with E-state index < -0.39 is 0 Å². The lowest BCUT2D eigenvalue weighted by atomic mass is 10.1. The number of ether oxygens (including phenoxy) is 1. The lowest BCUT2D eigenvalue weighted by molar-refractivity contribution is -0.121. The van der Waals surface area contributed by atoms with E-state index in [9.17, 15) is 4.79 Å². The Bertz CT molecular complexity index is 496. The predicted molar refractivity (Wildman–Crippen MR) is 89.3 cm³/mol. The molecular weight excluding hydrogens is 276 g/mol. The maximum Gasteiger partial charge on any atom is 0.224 e. The van der Waals surface area contributed by atoms with Crippen molar-refractivity contribution in [3.8, 4) is 5.75 Å². The minimum absolute atomic E-state index is 0.107. The molecule has 1 amide bonds. The Morgan fingerprint density at radius 3 is 2.68 bits per heavy atom. The van der Waals surface area contributed by atoms with E-state index in [0.717, 1.165) is 29.8 Å². The first-order valence-corrected chi connectivity index (χ1v) is 8.27. The Kier molecular flexibility index (Phi) is 6.25. The molecule has 0 spiro atoms. The molecule has 0 aliphatic carbocycles. The summed E-state index contributed by atoms with van der Waals surface area (Å²) in [7, 11) is 1.67. The maximum absolute atomic E-state index is 12.3. The standard InChI is InChI=1S/C18H28N2O2/c1-4-16(13-20-9-5-6-10-20)19-18(21)12-15-7-8-17(22-3)14(2)11-15/h7-8,11,16H,4-6,9-10,12-13H2,1-3H3,(H,19,21). The molecule has 1 fully saturated rings. The summed E-state index contributed by atoms with van der Waals surface area (Å²) in [5, 5.41) is 3.18. The van der Waals surface area contributed by atoms with E-state index in [1.807, 2.05) is 25.1 Å². The highest BCUT2D eigenvalue weighted by atomic mass is 16.5. The van der Waals surface area contributed by atoms with Crippen molar-refractivity contribution in [2.24, 2.45) is 0 Å². The highest BCUT2D eigenvalue weighted by Gasteiger charge is 2.18. The van der Waals surface area contributed by atoms with Gasteiger partial charge < -0.3 is 15.0 Å². The van der Waals surface area contributed by atoms with E-state index in [4.69, 9.17) is 4.74 Å². The Morgan fingerprint density at radius 1 is 1.36 bits per heavy atom. The van der Waals surface area contributed by atoms with Gasteiger partial charge in [0.1, 0.15) is 5.75 Å². The fourth-order valence-electron chi connectivity index (χ4n) is 3.07. The van der Waals surface area contributed by atoms with Crippen molar-refractivity contribution in [1.82, 2.24) is 10.2 Å². The number of rotatable bonds is 7. The van der Waals surface area contributed by atoms with Crippen molar-refractivity contribution in [2.75, 3.05) is 26.7 Å². The van der Waals surface area contributed by atoms with Gasteiger partial charge in [0.2, 0.25) is 5.91 Å². The third kappa shape index (κ3) is 4.73. The number of methoxy groups -OCH3 is 1. The normalized spacial score (nSPS) is 16.5. The van der Waals surface area contributed by atoms with Gasteiger partial charge in [0.05, 0.1) is 13.5 Å². The molecular formula is C18H28N2O2. The average Bonchev–Trinajstić information content (AvgIpc) is 2.99. The highest BCUT2D eigenvalue weighted by Crippen LogP contribution is 2.18. The topological polar surface area (TPSA) is 41.6 Å². The molecule has 22 heavy (non-hydrogen) atoms. The fraction of sp³-hybridized carbons (Fsp3) is 0.611. The van der Waals surface area contributed by atoms with Crippen LogP contribution in [0, 0.1) is 6.92 Å². The molecule has 1 aliphatic rings. The van der Waals surface area contributed by atoms with Gasteiger partial charge in [0.25, 0.3) is 0 Å². The van der Waals surface area contributed by atoms with E-state index in [-0.39, 0.29) is 11.9 Å². The van der Waals surface area contributed by atoms with Crippen LogP contribution in [-0.2, 0) is 11.2 Å². The van der Waals surface area contributed by atoms with Crippen molar-refractivity contribution in [3.05, 3.63) is 29.3 Å². The first-order chi connectivity index (χ1) is 10.6. The second kappa shape index (κ2) is 8.18. The van der Waals surface area contributed by atoms with Crippen LogP contribution >= 0.6 is 0 Å². The molecule has 1 heterocycles. The number of aryl methyl sites for hydroxylation is 1. The van der Waals surface area contributed by atoms with Gasteiger partial charge in [-0.3, -0.25) is 4.79 Å². The van der Waals surface area contributed by atoms with Crippen LogP contribution in [0.3, 0.4) is 0 Å². The van der Waals surface area contributed by atoms with Crippen LogP contribution in [-0.4, -0.2) is 43.6 Å². The van der Waals surface area contributed by atoms with E-state index in [1.54, 1.807) is 7.11 Å². The van der Waals surface area contributed by atoms with E-state index in [2.05, 4.69) is 17.1 Å². The van der Waals surface area contributed by atoms with Gasteiger partial charge in [-0.2, -0.15) is 0 Å². The summed E-state index contributed by atoms with van der Waals surface area (Å²) < 4.78 is 5.26. The molecule has 1 aromatic rings. The smallest absolute Gasteiger partial charge is 0.224 e. The van der Waals surface area contributed by atoms with E-state index in [0.29, 0.717) is 6.42 Å². The molecule has 1 saturated heterocycles. The van der Waals surface area contributed by atoms with Crippen molar-refractivity contribution < 1.29 is 9.53 Å². The number of nitrogens with zero attached hydrogens (tertiary/aromatic N) is 1. The summed E-state index contributed by atoms with van der Waals surface area (Å²) in [5.74, 6) is 0.972. The summed E-state index contributed by atoms with van der Waals surface area (Å²) in [4.78, 5) is 14.7. The number of hydrogen-bond acceptors (Lipinski definition) is 3. The molecule has 0 saturated carbocycles. The van der Waals surface area contributed by atoms with Crippen LogP contribution in [0.25, 0.3) is 0 Å². The largest absolute Gasteiger partial charge is 0.496 e. The van der Waals surface area contributed by atoms with E-state index >= 15 is 0 Å². The van der Waals surface area contributed by atoms with Crippen LogP contribution in [0.1, 0.15) is 37.3 Å².